The second-order valence-corrected chi connectivity index (χ2v) is 4.14. The summed E-state index contributed by atoms with van der Waals surface area (Å²) in [6.45, 7) is 0. The van der Waals surface area contributed by atoms with Gasteiger partial charge in [0.1, 0.15) is 0 Å². The lowest BCUT2D eigenvalue weighted by molar-refractivity contribution is 0.122. The third kappa shape index (κ3) is 1.67. The molecule has 12 heavy (non-hydrogen) atoms. The minimum Gasteiger partial charge on any atom is -0.393 e. The quantitative estimate of drug-likeness (QED) is 0.723. The second-order valence-electron chi connectivity index (χ2n) is 3.42. The summed E-state index contributed by atoms with van der Waals surface area (Å²) >= 11 is 1.66. The van der Waals surface area contributed by atoms with Crippen LogP contribution in [0.5, 0.6) is 0 Å². The molecule has 0 spiro atoms. The van der Waals surface area contributed by atoms with Gasteiger partial charge in [-0.3, -0.25) is 0 Å². The van der Waals surface area contributed by atoms with Crippen molar-refractivity contribution in [1.82, 2.24) is 4.98 Å². The molecule has 1 saturated carbocycles. The van der Waals surface area contributed by atoms with Gasteiger partial charge in [0.05, 0.1) is 17.3 Å². The van der Waals surface area contributed by atoms with Crippen molar-refractivity contribution in [2.75, 3.05) is 0 Å². The maximum absolute atomic E-state index is 9.31. The smallest absolute Gasteiger partial charge is 0.0794 e. The molecule has 2 nitrogen and oxygen atoms in total. The van der Waals surface area contributed by atoms with E-state index >= 15 is 0 Å². The minimum atomic E-state index is -0.0557. The highest BCUT2D eigenvalue weighted by Gasteiger charge is 2.21. The Labute approximate surface area is 76.3 Å². The van der Waals surface area contributed by atoms with E-state index < -0.39 is 0 Å². The Kier molecular flexibility index (Phi) is 2.42. The van der Waals surface area contributed by atoms with Crippen LogP contribution in [0.2, 0.25) is 0 Å². The number of aliphatic hydroxyl groups is 1. The Hall–Kier alpha value is -0.410. The predicted octanol–water partition coefficient (Wildman–Crippen LogP) is 2.16. The SMILES string of the molecule is O[C@H]1CC[C@@H](c2cscn2)CC1. The Bertz CT molecular complexity index is 227. The molecule has 0 aromatic carbocycles. The highest BCUT2D eigenvalue weighted by molar-refractivity contribution is 7.07. The fourth-order valence-corrected chi connectivity index (χ4v) is 2.43. The van der Waals surface area contributed by atoms with Crippen LogP contribution >= 0.6 is 11.3 Å². The predicted molar refractivity (Wildman–Crippen MR) is 49.3 cm³/mol. The van der Waals surface area contributed by atoms with Crippen molar-refractivity contribution in [1.29, 1.82) is 0 Å². The number of hydrogen-bond donors (Lipinski definition) is 1. The molecule has 3 heteroatoms. The van der Waals surface area contributed by atoms with Crippen molar-refractivity contribution in [2.24, 2.45) is 0 Å². The van der Waals surface area contributed by atoms with Crippen LogP contribution in [0.1, 0.15) is 37.3 Å². The summed E-state index contributed by atoms with van der Waals surface area (Å²) in [4.78, 5) is 4.30. The van der Waals surface area contributed by atoms with Gasteiger partial charge in [-0.25, -0.2) is 4.98 Å². The standard InChI is InChI=1S/C9H13NOS/c11-8-3-1-7(2-4-8)9-5-12-6-10-9/h5-8,11H,1-4H2/t7-,8+. The summed E-state index contributed by atoms with van der Waals surface area (Å²) < 4.78 is 0. The Morgan fingerprint density at radius 1 is 1.33 bits per heavy atom. The molecule has 0 aliphatic heterocycles. The van der Waals surface area contributed by atoms with E-state index in [-0.39, 0.29) is 6.10 Å². The summed E-state index contributed by atoms with van der Waals surface area (Å²) in [6, 6.07) is 0. The molecule has 0 amide bonds. The maximum Gasteiger partial charge on any atom is 0.0794 e. The Morgan fingerprint density at radius 3 is 2.67 bits per heavy atom. The van der Waals surface area contributed by atoms with Crippen molar-refractivity contribution in [2.45, 2.75) is 37.7 Å². The lowest BCUT2D eigenvalue weighted by Gasteiger charge is -2.23. The molecule has 1 aromatic rings. The van der Waals surface area contributed by atoms with Crippen molar-refractivity contribution in [3.63, 3.8) is 0 Å². The van der Waals surface area contributed by atoms with Gasteiger partial charge in [-0.05, 0) is 25.7 Å². The number of hydrogen-bond acceptors (Lipinski definition) is 3. The van der Waals surface area contributed by atoms with Crippen LogP contribution < -0.4 is 0 Å². The molecule has 1 heterocycles. The molecule has 1 aromatic heterocycles. The van der Waals surface area contributed by atoms with E-state index in [2.05, 4.69) is 10.4 Å². The van der Waals surface area contributed by atoms with Crippen LogP contribution in [0, 0.1) is 0 Å². The van der Waals surface area contributed by atoms with Gasteiger partial charge in [0.15, 0.2) is 0 Å². The zero-order valence-corrected chi connectivity index (χ0v) is 7.76. The fraction of sp³-hybridized carbons (Fsp3) is 0.667. The van der Waals surface area contributed by atoms with Crippen LogP contribution in [0.3, 0.4) is 0 Å². The fourth-order valence-electron chi connectivity index (χ4n) is 1.80. The summed E-state index contributed by atoms with van der Waals surface area (Å²) in [6.07, 6.45) is 4.04. The normalized spacial score (nSPS) is 30.4. The molecule has 1 N–H and O–H groups in total. The van der Waals surface area contributed by atoms with Crippen molar-refractivity contribution >= 4 is 11.3 Å². The third-order valence-electron chi connectivity index (χ3n) is 2.57. The van der Waals surface area contributed by atoms with Crippen LogP contribution in [-0.4, -0.2) is 16.2 Å². The summed E-state index contributed by atoms with van der Waals surface area (Å²) in [7, 11) is 0. The van der Waals surface area contributed by atoms with E-state index in [1.54, 1.807) is 11.3 Å². The van der Waals surface area contributed by atoms with E-state index in [0.717, 1.165) is 25.7 Å². The highest BCUT2D eigenvalue weighted by atomic mass is 32.1. The Morgan fingerprint density at radius 2 is 2.08 bits per heavy atom. The molecular weight excluding hydrogens is 170 g/mol. The molecular formula is C9H13NOS. The second kappa shape index (κ2) is 3.54. The van der Waals surface area contributed by atoms with E-state index in [1.165, 1.54) is 5.69 Å². The van der Waals surface area contributed by atoms with Crippen molar-refractivity contribution in [3.05, 3.63) is 16.6 Å². The van der Waals surface area contributed by atoms with Gasteiger partial charge >= 0.3 is 0 Å². The van der Waals surface area contributed by atoms with Crippen LogP contribution in [0.15, 0.2) is 10.9 Å². The summed E-state index contributed by atoms with van der Waals surface area (Å²) in [5, 5.41) is 11.4. The van der Waals surface area contributed by atoms with E-state index in [1.807, 2.05) is 5.51 Å². The summed E-state index contributed by atoms with van der Waals surface area (Å²) in [5.74, 6) is 0.611. The first kappa shape index (κ1) is 8.20. The number of aliphatic hydroxyl groups excluding tert-OH is 1. The van der Waals surface area contributed by atoms with Gasteiger partial charge in [-0.1, -0.05) is 0 Å². The number of thiazole rings is 1. The summed E-state index contributed by atoms with van der Waals surface area (Å²) in [5.41, 5.74) is 3.12. The van der Waals surface area contributed by atoms with E-state index in [4.69, 9.17) is 0 Å². The van der Waals surface area contributed by atoms with Crippen LogP contribution in [0.4, 0.5) is 0 Å². The van der Waals surface area contributed by atoms with Gasteiger partial charge in [-0.2, -0.15) is 0 Å². The number of rotatable bonds is 1. The molecule has 0 saturated heterocycles. The molecule has 1 fully saturated rings. The molecule has 0 unspecified atom stereocenters. The molecule has 1 aliphatic carbocycles. The third-order valence-corrected chi connectivity index (χ3v) is 3.17. The van der Waals surface area contributed by atoms with Crippen LogP contribution in [-0.2, 0) is 0 Å². The average Bonchev–Trinajstić information content (AvgIpc) is 2.58. The van der Waals surface area contributed by atoms with Crippen LogP contribution in [0.25, 0.3) is 0 Å². The van der Waals surface area contributed by atoms with Gasteiger partial charge in [-0.15, -0.1) is 11.3 Å². The zero-order chi connectivity index (χ0) is 8.39. The van der Waals surface area contributed by atoms with Gasteiger partial charge < -0.3 is 5.11 Å². The highest BCUT2D eigenvalue weighted by Crippen LogP contribution is 2.32. The van der Waals surface area contributed by atoms with Gasteiger partial charge in [0.2, 0.25) is 0 Å². The Balaban J connectivity index is 1.99. The molecule has 0 atom stereocenters. The molecule has 2 rings (SSSR count). The molecule has 0 bridgehead atoms. The van der Waals surface area contributed by atoms with Gasteiger partial charge in [0.25, 0.3) is 0 Å². The molecule has 66 valence electrons. The topological polar surface area (TPSA) is 33.1 Å². The lowest BCUT2D eigenvalue weighted by Crippen LogP contribution is -2.16. The monoisotopic (exact) mass is 183 g/mol. The average molecular weight is 183 g/mol. The largest absolute Gasteiger partial charge is 0.393 e. The lowest BCUT2D eigenvalue weighted by atomic mass is 9.86. The first-order valence-electron chi connectivity index (χ1n) is 4.42. The first-order valence-corrected chi connectivity index (χ1v) is 5.36. The molecule has 1 aliphatic rings. The first-order chi connectivity index (χ1) is 5.86. The van der Waals surface area contributed by atoms with Gasteiger partial charge in [0, 0.05) is 11.3 Å². The van der Waals surface area contributed by atoms with E-state index in [0.29, 0.717) is 5.92 Å². The van der Waals surface area contributed by atoms with Crippen molar-refractivity contribution < 1.29 is 5.11 Å². The maximum atomic E-state index is 9.31. The number of nitrogens with zero attached hydrogens (tertiary/aromatic N) is 1. The molecule has 0 radical (unpaired) electrons. The minimum absolute atomic E-state index is 0.0557. The van der Waals surface area contributed by atoms with E-state index in [9.17, 15) is 5.11 Å². The van der Waals surface area contributed by atoms with Crippen molar-refractivity contribution in [3.8, 4) is 0 Å². The number of aromatic nitrogens is 1. The zero-order valence-electron chi connectivity index (χ0n) is 6.94.